The monoisotopic (exact) mass is 350 g/mol. The summed E-state index contributed by atoms with van der Waals surface area (Å²) in [5.41, 5.74) is 11.6. The molecule has 0 spiro atoms. The van der Waals surface area contributed by atoms with Crippen LogP contribution in [0.1, 0.15) is 32.6 Å². The Morgan fingerprint density at radius 3 is 2.60 bits per heavy atom. The molecular formula is C16H27BN4O4. The van der Waals surface area contributed by atoms with E-state index in [1.807, 2.05) is 11.8 Å². The van der Waals surface area contributed by atoms with E-state index in [1.165, 1.54) is 0 Å². The summed E-state index contributed by atoms with van der Waals surface area (Å²) in [6, 6.07) is 0.323. The van der Waals surface area contributed by atoms with Gasteiger partial charge < -0.3 is 31.7 Å². The summed E-state index contributed by atoms with van der Waals surface area (Å²) in [5, 5.41) is 21.1. The molecule has 138 valence electrons. The van der Waals surface area contributed by atoms with Crippen molar-refractivity contribution in [3.05, 3.63) is 20.4 Å². The van der Waals surface area contributed by atoms with E-state index in [2.05, 4.69) is 5.32 Å². The van der Waals surface area contributed by atoms with Crippen LogP contribution >= 0.6 is 0 Å². The maximum Gasteiger partial charge on any atom is 0.451 e. The van der Waals surface area contributed by atoms with Gasteiger partial charge in [-0.15, -0.1) is 0 Å². The largest absolute Gasteiger partial charge is 0.451 e. The standard InChI is InChI=1S/C16H27BN4O4/c1-16(19)8-21(7-9(16)3-2-4-17(24)25)13-12(14(22)15(13)23)20-11-5-10(18)6-11/h9-11,20,24-25H,2-8,18-19H2,1H3/t9-,10?,11?,16-/m0/s1. The number of nitrogens with two attached hydrogens (primary N) is 2. The minimum absolute atomic E-state index is 0.126. The first-order valence-electron chi connectivity index (χ1n) is 8.94. The summed E-state index contributed by atoms with van der Waals surface area (Å²) in [4.78, 5) is 26.0. The van der Waals surface area contributed by atoms with Gasteiger partial charge in [-0.1, -0.05) is 6.42 Å². The molecule has 0 amide bonds. The van der Waals surface area contributed by atoms with E-state index in [-0.39, 0.29) is 18.0 Å². The minimum atomic E-state index is -1.31. The van der Waals surface area contributed by atoms with E-state index < -0.39 is 23.5 Å². The number of rotatable bonds is 7. The average molecular weight is 350 g/mol. The van der Waals surface area contributed by atoms with Gasteiger partial charge in [-0.2, -0.15) is 0 Å². The fourth-order valence-electron chi connectivity index (χ4n) is 4.02. The lowest BCUT2D eigenvalue weighted by Crippen LogP contribution is -2.50. The molecule has 2 atom stereocenters. The molecule has 1 aliphatic heterocycles. The lowest BCUT2D eigenvalue weighted by molar-refractivity contribution is 0.343. The van der Waals surface area contributed by atoms with Crippen LogP contribution in [0.4, 0.5) is 11.4 Å². The molecule has 0 bridgehead atoms. The predicted molar refractivity (Wildman–Crippen MR) is 98.5 cm³/mol. The minimum Gasteiger partial charge on any atom is -0.427 e. The molecule has 1 heterocycles. The molecule has 25 heavy (non-hydrogen) atoms. The normalized spacial score (nSPS) is 32.0. The van der Waals surface area contributed by atoms with Gasteiger partial charge in [0.25, 0.3) is 10.9 Å². The van der Waals surface area contributed by atoms with Crippen LogP contribution in [-0.4, -0.2) is 47.9 Å². The number of hydrogen-bond acceptors (Lipinski definition) is 8. The lowest BCUT2D eigenvalue weighted by Gasteiger charge is -2.35. The summed E-state index contributed by atoms with van der Waals surface area (Å²) >= 11 is 0. The fraction of sp³-hybridized carbons (Fsp3) is 0.750. The van der Waals surface area contributed by atoms with Crippen molar-refractivity contribution in [3.8, 4) is 0 Å². The second-order valence-corrected chi connectivity index (χ2v) is 7.95. The van der Waals surface area contributed by atoms with Gasteiger partial charge in [0.1, 0.15) is 11.4 Å². The maximum absolute atomic E-state index is 12.1. The Morgan fingerprint density at radius 1 is 1.32 bits per heavy atom. The Hall–Kier alpha value is -1.42. The van der Waals surface area contributed by atoms with Crippen molar-refractivity contribution in [3.63, 3.8) is 0 Å². The highest BCUT2D eigenvalue weighted by atomic mass is 16.4. The van der Waals surface area contributed by atoms with E-state index in [0.29, 0.717) is 37.2 Å². The van der Waals surface area contributed by atoms with Crippen LogP contribution in [0.5, 0.6) is 0 Å². The Morgan fingerprint density at radius 2 is 2.00 bits per heavy atom. The highest BCUT2D eigenvalue weighted by Crippen LogP contribution is 2.35. The van der Waals surface area contributed by atoms with Crippen molar-refractivity contribution < 1.29 is 10.0 Å². The van der Waals surface area contributed by atoms with Gasteiger partial charge in [0.05, 0.1) is 0 Å². The Labute approximate surface area is 147 Å². The van der Waals surface area contributed by atoms with E-state index in [1.54, 1.807) is 0 Å². The molecule has 2 fully saturated rings. The van der Waals surface area contributed by atoms with Crippen LogP contribution in [0.3, 0.4) is 0 Å². The summed E-state index contributed by atoms with van der Waals surface area (Å²) in [6.45, 7) is 3.04. The van der Waals surface area contributed by atoms with Crippen molar-refractivity contribution in [2.75, 3.05) is 23.3 Å². The van der Waals surface area contributed by atoms with Crippen molar-refractivity contribution in [1.29, 1.82) is 0 Å². The first-order valence-corrected chi connectivity index (χ1v) is 8.94. The lowest BCUT2D eigenvalue weighted by atomic mass is 9.79. The molecule has 7 N–H and O–H groups in total. The zero-order chi connectivity index (χ0) is 18.4. The molecule has 9 heteroatoms. The summed E-state index contributed by atoms with van der Waals surface area (Å²) in [5.74, 6) is 0.126. The smallest absolute Gasteiger partial charge is 0.427 e. The van der Waals surface area contributed by atoms with Gasteiger partial charge in [-0.3, -0.25) is 9.59 Å². The quantitative estimate of drug-likeness (QED) is 0.298. The third kappa shape index (κ3) is 3.60. The van der Waals surface area contributed by atoms with Gasteiger partial charge >= 0.3 is 7.12 Å². The number of nitrogens with zero attached hydrogens (tertiary/aromatic N) is 1. The van der Waals surface area contributed by atoms with Gasteiger partial charge in [0, 0.05) is 30.7 Å². The maximum atomic E-state index is 12.1. The number of anilines is 2. The molecular weight excluding hydrogens is 323 g/mol. The van der Waals surface area contributed by atoms with E-state index in [9.17, 15) is 9.59 Å². The van der Waals surface area contributed by atoms with Crippen LogP contribution < -0.4 is 32.5 Å². The number of hydrogen-bond donors (Lipinski definition) is 5. The second kappa shape index (κ2) is 6.72. The molecule has 3 rings (SSSR count). The van der Waals surface area contributed by atoms with E-state index in [4.69, 9.17) is 21.5 Å². The van der Waals surface area contributed by atoms with E-state index >= 15 is 0 Å². The Kier molecular flexibility index (Phi) is 4.94. The van der Waals surface area contributed by atoms with Crippen LogP contribution in [0.2, 0.25) is 6.32 Å². The topological polar surface area (TPSA) is 142 Å². The predicted octanol–water partition coefficient (Wildman–Crippen LogP) is -1.41. The second-order valence-electron chi connectivity index (χ2n) is 7.95. The van der Waals surface area contributed by atoms with Crippen LogP contribution in [-0.2, 0) is 0 Å². The van der Waals surface area contributed by atoms with Crippen LogP contribution in [0.15, 0.2) is 9.59 Å². The molecule has 1 aliphatic carbocycles. The van der Waals surface area contributed by atoms with Gasteiger partial charge in [0.15, 0.2) is 0 Å². The number of nitrogens with one attached hydrogen (secondary N) is 1. The highest BCUT2D eigenvalue weighted by molar-refractivity contribution is 6.40. The molecule has 0 unspecified atom stereocenters. The zero-order valence-corrected chi connectivity index (χ0v) is 14.6. The Balaban J connectivity index is 1.67. The van der Waals surface area contributed by atoms with Gasteiger partial charge in [0.2, 0.25) is 0 Å². The molecule has 8 nitrogen and oxygen atoms in total. The zero-order valence-electron chi connectivity index (χ0n) is 14.6. The molecule has 0 radical (unpaired) electrons. The van der Waals surface area contributed by atoms with Crippen molar-refractivity contribution in [1.82, 2.24) is 0 Å². The van der Waals surface area contributed by atoms with Crippen LogP contribution in [0.25, 0.3) is 0 Å². The van der Waals surface area contributed by atoms with Crippen molar-refractivity contribution >= 4 is 18.5 Å². The third-order valence-electron chi connectivity index (χ3n) is 5.64. The highest BCUT2D eigenvalue weighted by Gasteiger charge is 2.43. The van der Waals surface area contributed by atoms with E-state index in [0.717, 1.165) is 19.3 Å². The molecule has 1 saturated carbocycles. The third-order valence-corrected chi connectivity index (χ3v) is 5.64. The summed E-state index contributed by atoms with van der Waals surface area (Å²) < 4.78 is 0. The SMILES string of the molecule is C[C@]1(N)CN(c2c(NC3CC(N)C3)c(=O)c2=O)C[C@@H]1CCCB(O)O. The first kappa shape index (κ1) is 18.4. The van der Waals surface area contributed by atoms with Gasteiger partial charge in [-0.05, 0) is 38.4 Å². The van der Waals surface area contributed by atoms with Gasteiger partial charge in [-0.25, -0.2) is 0 Å². The Bertz CT molecular complexity index is 695. The summed E-state index contributed by atoms with van der Waals surface area (Å²) in [6.07, 6.45) is 3.32. The average Bonchev–Trinajstić information content (AvgIpc) is 2.78. The molecule has 1 saturated heterocycles. The van der Waals surface area contributed by atoms with Crippen molar-refractivity contribution in [2.24, 2.45) is 17.4 Å². The fourth-order valence-corrected chi connectivity index (χ4v) is 4.02. The van der Waals surface area contributed by atoms with Crippen LogP contribution in [0, 0.1) is 5.92 Å². The summed E-state index contributed by atoms with van der Waals surface area (Å²) in [7, 11) is -1.31. The van der Waals surface area contributed by atoms with Crippen molar-refractivity contribution in [2.45, 2.75) is 56.5 Å². The first-order chi connectivity index (χ1) is 11.7. The molecule has 1 aromatic rings. The molecule has 0 aromatic heterocycles. The molecule has 1 aromatic carbocycles. The molecule has 2 aliphatic rings.